The predicted molar refractivity (Wildman–Crippen MR) is 111 cm³/mol. The van der Waals surface area contributed by atoms with Crippen molar-refractivity contribution in [1.29, 1.82) is 0 Å². The van der Waals surface area contributed by atoms with E-state index in [0.717, 1.165) is 24.9 Å². The molecule has 1 aromatic carbocycles. The number of carbonyl (C=O) groups excluding carboxylic acids is 2. The average molecular weight is 409 g/mol. The Kier molecular flexibility index (Phi) is 5.61. The maximum absolute atomic E-state index is 13.1. The SMILES string of the molecule is COc1ccc(C(=O)N2CCC3(CC2)CC(=O)N(Cc2ccncc2)C3)c(OC)c1. The van der Waals surface area contributed by atoms with Gasteiger partial charge in [0.25, 0.3) is 5.91 Å². The van der Waals surface area contributed by atoms with Crippen molar-refractivity contribution in [3.63, 3.8) is 0 Å². The van der Waals surface area contributed by atoms with Crippen LogP contribution >= 0.6 is 0 Å². The van der Waals surface area contributed by atoms with Crippen LogP contribution in [-0.4, -0.2) is 60.5 Å². The second-order valence-electron chi connectivity index (χ2n) is 8.14. The summed E-state index contributed by atoms with van der Waals surface area (Å²) in [5.74, 6) is 1.32. The minimum absolute atomic E-state index is 0.0368. The maximum Gasteiger partial charge on any atom is 0.257 e. The van der Waals surface area contributed by atoms with Crippen LogP contribution < -0.4 is 9.47 Å². The number of hydrogen-bond donors (Lipinski definition) is 0. The molecule has 2 fully saturated rings. The zero-order chi connectivity index (χ0) is 21.1. The van der Waals surface area contributed by atoms with E-state index in [-0.39, 0.29) is 17.2 Å². The van der Waals surface area contributed by atoms with Crippen molar-refractivity contribution in [2.24, 2.45) is 5.41 Å². The van der Waals surface area contributed by atoms with Gasteiger partial charge in [0.05, 0.1) is 19.8 Å². The van der Waals surface area contributed by atoms with Gasteiger partial charge in [0.15, 0.2) is 0 Å². The number of amides is 2. The van der Waals surface area contributed by atoms with E-state index in [1.165, 1.54) is 0 Å². The zero-order valence-electron chi connectivity index (χ0n) is 17.5. The van der Waals surface area contributed by atoms with Crippen molar-refractivity contribution in [3.8, 4) is 11.5 Å². The van der Waals surface area contributed by atoms with Crippen molar-refractivity contribution >= 4 is 11.8 Å². The number of piperidine rings is 1. The molecule has 30 heavy (non-hydrogen) atoms. The van der Waals surface area contributed by atoms with Gasteiger partial charge in [0.2, 0.25) is 5.91 Å². The van der Waals surface area contributed by atoms with Crippen LogP contribution in [0.3, 0.4) is 0 Å². The summed E-state index contributed by atoms with van der Waals surface area (Å²) < 4.78 is 10.6. The first kappa shape index (κ1) is 20.2. The van der Waals surface area contributed by atoms with Crippen LogP contribution in [0.5, 0.6) is 11.5 Å². The van der Waals surface area contributed by atoms with Gasteiger partial charge in [0.1, 0.15) is 11.5 Å². The lowest BCUT2D eigenvalue weighted by Gasteiger charge is -2.39. The number of nitrogens with zero attached hydrogens (tertiary/aromatic N) is 3. The smallest absolute Gasteiger partial charge is 0.257 e. The highest BCUT2D eigenvalue weighted by Gasteiger charge is 2.45. The Bertz CT molecular complexity index is 923. The molecule has 158 valence electrons. The quantitative estimate of drug-likeness (QED) is 0.759. The number of methoxy groups -OCH3 is 2. The summed E-state index contributed by atoms with van der Waals surface area (Å²) in [5, 5.41) is 0. The van der Waals surface area contributed by atoms with Crippen LogP contribution in [0.1, 0.15) is 35.2 Å². The molecule has 1 aromatic heterocycles. The molecule has 3 heterocycles. The van der Waals surface area contributed by atoms with Crippen LogP contribution in [-0.2, 0) is 11.3 Å². The Balaban J connectivity index is 1.40. The second kappa shape index (κ2) is 8.34. The van der Waals surface area contributed by atoms with Crippen LogP contribution in [0.4, 0.5) is 0 Å². The molecule has 0 unspecified atom stereocenters. The maximum atomic E-state index is 13.1. The molecule has 0 bridgehead atoms. The third-order valence-corrected chi connectivity index (χ3v) is 6.28. The van der Waals surface area contributed by atoms with E-state index in [1.54, 1.807) is 44.8 Å². The lowest BCUT2D eigenvalue weighted by atomic mass is 9.77. The Morgan fingerprint density at radius 1 is 1.10 bits per heavy atom. The lowest BCUT2D eigenvalue weighted by Crippen LogP contribution is -2.44. The summed E-state index contributed by atoms with van der Waals surface area (Å²) in [6, 6.07) is 9.14. The Morgan fingerprint density at radius 3 is 2.50 bits per heavy atom. The van der Waals surface area contributed by atoms with Crippen LogP contribution in [0.2, 0.25) is 0 Å². The summed E-state index contributed by atoms with van der Waals surface area (Å²) >= 11 is 0. The molecule has 7 heteroatoms. The van der Waals surface area contributed by atoms with Gasteiger partial charge < -0.3 is 19.3 Å². The number of likely N-dealkylation sites (tertiary alicyclic amines) is 2. The molecule has 7 nitrogen and oxygen atoms in total. The Hall–Kier alpha value is -3.09. The molecular weight excluding hydrogens is 382 g/mol. The highest BCUT2D eigenvalue weighted by Crippen LogP contribution is 2.42. The fourth-order valence-corrected chi connectivity index (χ4v) is 4.50. The Labute approximate surface area is 176 Å². The van der Waals surface area contributed by atoms with Crippen molar-refractivity contribution in [2.75, 3.05) is 33.9 Å². The first-order chi connectivity index (χ1) is 14.5. The third kappa shape index (κ3) is 3.97. The summed E-state index contributed by atoms with van der Waals surface area (Å²) in [5.41, 5.74) is 1.59. The molecule has 0 atom stereocenters. The monoisotopic (exact) mass is 409 g/mol. The van der Waals surface area contributed by atoms with Gasteiger partial charge in [-0.1, -0.05) is 0 Å². The fourth-order valence-electron chi connectivity index (χ4n) is 4.50. The largest absolute Gasteiger partial charge is 0.497 e. The predicted octanol–water partition coefficient (Wildman–Crippen LogP) is 2.75. The van der Waals surface area contributed by atoms with Gasteiger partial charge in [-0.05, 0) is 42.7 Å². The van der Waals surface area contributed by atoms with E-state index in [0.29, 0.717) is 43.1 Å². The topological polar surface area (TPSA) is 72.0 Å². The molecule has 0 saturated carbocycles. The molecule has 4 rings (SSSR count). The van der Waals surface area contributed by atoms with E-state index in [4.69, 9.17) is 9.47 Å². The standard InChI is InChI=1S/C23H27N3O4/c1-29-18-3-4-19(20(13-18)30-2)22(28)25-11-7-23(8-12-25)14-21(27)26(16-23)15-17-5-9-24-10-6-17/h3-6,9-10,13H,7-8,11-12,14-16H2,1-2H3. The van der Waals surface area contributed by atoms with Gasteiger partial charge in [-0.25, -0.2) is 0 Å². The molecular formula is C23H27N3O4. The van der Waals surface area contributed by atoms with Crippen molar-refractivity contribution in [2.45, 2.75) is 25.8 Å². The molecule has 2 aliphatic heterocycles. The summed E-state index contributed by atoms with van der Waals surface area (Å²) in [6.07, 6.45) is 5.73. The zero-order valence-corrected chi connectivity index (χ0v) is 17.5. The van der Waals surface area contributed by atoms with Gasteiger partial charge in [-0.2, -0.15) is 0 Å². The number of aromatic nitrogens is 1. The van der Waals surface area contributed by atoms with Crippen molar-refractivity contribution < 1.29 is 19.1 Å². The molecule has 0 radical (unpaired) electrons. The van der Waals surface area contributed by atoms with Crippen molar-refractivity contribution in [1.82, 2.24) is 14.8 Å². The van der Waals surface area contributed by atoms with E-state index >= 15 is 0 Å². The molecule has 0 N–H and O–H groups in total. The second-order valence-corrected chi connectivity index (χ2v) is 8.14. The van der Waals surface area contributed by atoms with Crippen LogP contribution in [0.15, 0.2) is 42.7 Å². The van der Waals surface area contributed by atoms with Gasteiger partial charge in [-0.3, -0.25) is 14.6 Å². The van der Waals surface area contributed by atoms with Gasteiger partial charge in [-0.15, -0.1) is 0 Å². The van der Waals surface area contributed by atoms with Crippen LogP contribution in [0, 0.1) is 5.41 Å². The normalized spacial score (nSPS) is 18.0. The number of carbonyl (C=O) groups is 2. The Morgan fingerprint density at radius 2 is 1.83 bits per heavy atom. The minimum Gasteiger partial charge on any atom is -0.497 e. The van der Waals surface area contributed by atoms with Crippen LogP contribution in [0.25, 0.3) is 0 Å². The summed E-state index contributed by atoms with van der Waals surface area (Å²) in [7, 11) is 3.14. The highest BCUT2D eigenvalue weighted by atomic mass is 16.5. The first-order valence-electron chi connectivity index (χ1n) is 10.2. The van der Waals surface area contributed by atoms with E-state index in [2.05, 4.69) is 4.98 Å². The molecule has 2 aromatic rings. The highest BCUT2D eigenvalue weighted by molar-refractivity contribution is 5.97. The molecule has 2 amide bonds. The first-order valence-corrected chi connectivity index (χ1v) is 10.2. The molecule has 2 aliphatic rings. The van der Waals surface area contributed by atoms with E-state index < -0.39 is 0 Å². The van der Waals surface area contributed by atoms with E-state index in [9.17, 15) is 9.59 Å². The number of hydrogen-bond acceptors (Lipinski definition) is 5. The molecule has 2 saturated heterocycles. The number of ether oxygens (including phenoxy) is 2. The summed E-state index contributed by atoms with van der Waals surface area (Å²) in [6.45, 7) is 2.66. The van der Waals surface area contributed by atoms with Crippen molar-refractivity contribution in [3.05, 3.63) is 53.9 Å². The van der Waals surface area contributed by atoms with E-state index in [1.807, 2.05) is 21.9 Å². The minimum atomic E-state index is -0.0395. The summed E-state index contributed by atoms with van der Waals surface area (Å²) in [4.78, 5) is 33.6. The fraction of sp³-hybridized carbons (Fsp3) is 0.435. The van der Waals surface area contributed by atoms with Gasteiger partial charge >= 0.3 is 0 Å². The molecule has 1 spiro atoms. The third-order valence-electron chi connectivity index (χ3n) is 6.28. The molecule has 0 aliphatic carbocycles. The number of pyridine rings is 1. The number of benzene rings is 1. The number of rotatable bonds is 5. The van der Waals surface area contributed by atoms with Gasteiger partial charge in [0, 0.05) is 56.5 Å². The average Bonchev–Trinajstić information content (AvgIpc) is 3.08. The lowest BCUT2D eigenvalue weighted by molar-refractivity contribution is -0.128.